The van der Waals surface area contributed by atoms with Gasteiger partial charge in [0.15, 0.2) is 0 Å². The number of likely N-dealkylation sites (tertiary alicyclic amines) is 1. The predicted octanol–water partition coefficient (Wildman–Crippen LogP) is 2.96. The number of aromatic amines is 1. The number of esters is 1. The number of rotatable bonds is 9. The Bertz CT molecular complexity index is 1230. The first-order valence-corrected chi connectivity index (χ1v) is 12.9. The van der Waals surface area contributed by atoms with Gasteiger partial charge < -0.3 is 29.2 Å². The number of aromatic nitrogens is 1. The van der Waals surface area contributed by atoms with E-state index in [4.69, 9.17) is 14.2 Å². The molecule has 2 saturated heterocycles. The first kappa shape index (κ1) is 27.4. The van der Waals surface area contributed by atoms with Crippen LogP contribution in [-0.2, 0) is 19.1 Å². The SMILES string of the molecule is CCOC(=O)c1[nH]c(C)c(C(O)=C2C(=O)C(=O)N(CCCN3CCOCC3)[C@H]2c2ccc(OC)cc2)c1C. The molecular formula is C28H35N3O7. The van der Waals surface area contributed by atoms with Crippen LogP contribution in [0.1, 0.15) is 52.3 Å². The van der Waals surface area contributed by atoms with Crippen molar-refractivity contribution in [3.8, 4) is 5.75 Å². The molecule has 0 radical (unpaired) electrons. The van der Waals surface area contributed by atoms with Crippen LogP contribution in [0.4, 0.5) is 0 Å². The van der Waals surface area contributed by atoms with Crippen LogP contribution >= 0.6 is 0 Å². The van der Waals surface area contributed by atoms with Gasteiger partial charge in [-0.05, 0) is 50.5 Å². The van der Waals surface area contributed by atoms with E-state index >= 15 is 0 Å². The summed E-state index contributed by atoms with van der Waals surface area (Å²) in [6.45, 7) is 9.40. The van der Waals surface area contributed by atoms with Crippen LogP contribution in [0.15, 0.2) is 29.8 Å². The van der Waals surface area contributed by atoms with E-state index in [0.29, 0.717) is 54.3 Å². The molecule has 0 aliphatic carbocycles. The average Bonchev–Trinajstić information content (AvgIpc) is 3.36. The molecule has 2 aromatic rings. The number of ketones is 1. The molecule has 1 aromatic carbocycles. The van der Waals surface area contributed by atoms with E-state index in [2.05, 4.69) is 9.88 Å². The lowest BCUT2D eigenvalue weighted by Gasteiger charge is -2.29. The Balaban J connectivity index is 1.73. The van der Waals surface area contributed by atoms with Crippen molar-refractivity contribution in [1.82, 2.24) is 14.8 Å². The molecule has 3 heterocycles. The topological polar surface area (TPSA) is 121 Å². The van der Waals surface area contributed by atoms with Crippen molar-refractivity contribution in [2.45, 2.75) is 33.2 Å². The van der Waals surface area contributed by atoms with Crippen LogP contribution in [-0.4, -0.2) is 90.7 Å². The number of nitrogens with one attached hydrogen (secondary N) is 1. The van der Waals surface area contributed by atoms with Gasteiger partial charge in [0, 0.05) is 37.4 Å². The molecule has 2 aliphatic heterocycles. The Hall–Kier alpha value is -3.63. The number of aliphatic hydroxyl groups excluding tert-OH is 1. The summed E-state index contributed by atoms with van der Waals surface area (Å²) in [4.78, 5) is 45.9. The lowest BCUT2D eigenvalue weighted by molar-refractivity contribution is -0.140. The van der Waals surface area contributed by atoms with Crippen LogP contribution in [0, 0.1) is 13.8 Å². The minimum Gasteiger partial charge on any atom is -0.507 e. The van der Waals surface area contributed by atoms with Crippen LogP contribution < -0.4 is 4.74 Å². The van der Waals surface area contributed by atoms with Crippen molar-refractivity contribution >= 4 is 23.4 Å². The Kier molecular flexibility index (Phi) is 8.53. The third kappa shape index (κ3) is 5.32. The smallest absolute Gasteiger partial charge is 0.355 e. The van der Waals surface area contributed by atoms with Gasteiger partial charge in [0.2, 0.25) is 0 Å². The molecule has 1 atom stereocenters. The zero-order valence-corrected chi connectivity index (χ0v) is 22.3. The minimum absolute atomic E-state index is 0.00727. The highest BCUT2D eigenvalue weighted by Gasteiger charge is 2.46. The molecule has 0 saturated carbocycles. The van der Waals surface area contributed by atoms with Gasteiger partial charge in [0.25, 0.3) is 11.7 Å². The normalized spacial score (nSPS) is 19.7. The van der Waals surface area contributed by atoms with Crippen molar-refractivity contribution in [3.05, 3.63) is 57.9 Å². The lowest BCUT2D eigenvalue weighted by atomic mass is 9.94. The van der Waals surface area contributed by atoms with Crippen molar-refractivity contribution in [2.24, 2.45) is 0 Å². The number of hydrogen-bond donors (Lipinski definition) is 2. The standard InChI is InChI=1S/C28H35N3O7/c1-5-38-28(35)23-17(2)21(18(3)29-23)25(32)22-24(19-7-9-20(36-4)10-8-19)31(27(34)26(22)33)12-6-11-30-13-15-37-16-14-30/h7-10,24,29,32H,5-6,11-16H2,1-4H3/t24-/m0/s1. The molecule has 1 aromatic heterocycles. The molecule has 0 bridgehead atoms. The van der Waals surface area contributed by atoms with Crippen molar-refractivity contribution in [1.29, 1.82) is 0 Å². The van der Waals surface area contributed by atoms with Crippen molar-refractivity contribution < 1.29 is 33.7 Å². The number of morpholine rings is 1. The van der Waals surface area contributed by atoms with Gasteiger partial charge in [0.1, 0.15) is 17.2 Å². The first-order chi connectivity index (χ1) is 18.3. The average molecular weight is 526 g/mol. The summed E-state index contributed by atoms with van der Waals surface area (Å²) < 4.78 is 15.8. The van der Waals surface area contributed by atoms with E-state index in [1.54, 1.807) is 52.1 Å². The molecule has 38 heavy (non-hydrogen) atoms. The molecule has 0 unspecified atom stereocenters. The summed E-state index contributed by atoms with van der Waals surface area (Å²) in [7, 11) is 1.56. The Morgan fingerprint density at radius 2 is 1.82 bits per heavy atom. The summed E-state index contributed by atoms with van der Waals surface area (Å²) in [5.74, 6) is -1.66. The number of hydrogen-bond acceptors (Lipinski definition) is 8. The number of ether oxygens (including phenoxy) is 3. The van der Waals surface area contributed by atoms with E-state index in [1.807, 2.05) is 0 Å². The van der Waals surface area contributed by atoms with Gasteiger partial charge >= 0.3 is 5.97 Å². The number of amides is 1. The van der Waals surface area contributed by atoms with Crippen LogP contribution in [0.25, 0.3) is 5.76 Å². The van der Waals surface area contributed by atoms with Crippen LogP contribution in [0.3, 0.4) is 0 Å². The fourth-order valence-electron chi connectivity index (χ4n) is 5.18. The van der Waals surface area contributed by atoms with Gasteiger partial charge in [-0.1, -0.05) is 12.1 Å². The molecule has 10 nitrogen and oxygen atoms in total. The molecule has 2 fully saturated rings. The zero-order chi connectivity index (χ0) is 27.4. The minimum atomic E-state index is -0.787. The molecule has 2 aliphatic rings. The van der Waals surface area contributed by atoms with Gasteiger partial charge in [-0.25, -0.2) is 4.79 Å². The lowest BCUT2D eigenvalue weighted by Crippen LogP contribution is -2.38. The number of nitrogens with zero attached hydrogens (tertiary/aromatic N) is 2. The van der Waals surface area contributed by atoms with E-state index in [-0.39, 0.29) is 23.6 Å². The fourth-order valence-corrected chi connectivity index (χ4v) is 5.18. The number of H-pyrrole nitrogens is 1. The summed E-state index contributed by atoms with van der Waals surface area (Å²) in [6, 6.07) is 6.31. The zero-order valence-electron chi connectivity index (χ0n) is 22.3. The Labute approximate surface area is 222 Å². The fraction of sp³-hybridized carbons (Fsp3) is 0.464. The van der Waals surface area contributed by atoms with E-state index < -0.39 is 23.7 Å². The quantitative estimate of drug-likeness (QED) is 0.222. The number of carbonyl (C=O) groups is 3. The number of carbonyl (C=O) groups excluding carboxylic acids is 3. The number of methoxy groups -OCH3 is 1. The third-order valence-electron chi connectivity index (χ3n) is 7.10. The predicted molar refractivity (Wildman–Crippen MR) is 140 cm³/mol. The number of Topliss-reactive ketones (excluding diaryl/α,β-unsaturated/α-hetero) is 1. The third-order valence-corrected chi connectivity index (χ3v) is 7.10. The van der Waals surface area contributed by atoms with E-state index in [0.717, 1.165) is 19.6 Å². The Morgan fingerprint density at radius 3 is 2.45 bits per heavy atom. The molecule has 10 heteroatoms. The number of aryl methyl sites for hydroxylation is 1. The van der Waals surface area contributed by atoms with E-state index in [9.17, 15) is 19.5 Å². The van der Waals surface area contributed by atoms with Crippen molar-refractivity contribution in [3.63, 3.8) is 0 Å². The molecular weight excluding hydrogens is 490 g/mol. The summed E-state index contributed by atoms with van der Waals surface area (Å²) >= 11 is 0. The molecule has 204 valence electrons. The highest BCUT2D eigenvalue weighted by molar-refractivity contribution is 6.46. The number of aliphatic hydroxyl groups is 1. The second kappa shape index (κ2) is 11.8. The van der Waals surface area contributed by atoms with Crippen molar-refractivity contribution in [2.75, 3.05) is 53.1 Å². The summed E-state index contributed by atoms with van der Waals surface area (Å²) in [5, 5.41) is 11.5. The molecule has 2 N–H and O–H groups in total. The number of benzene rings is 1. The highest BCUT2D eigenvalue weighted by atomic mass is 16.5. The maximum Gasteiger partial charge on any atom is 0.355 e. The van der Waals surface area contributed by atoms with Gasteiger partial charge in [-0.15, -0.1) is 0 Å². The van der Waals surface area contributed by atoms with Gasteiger partial charge in [-0.2, -0.15) is 0 Å². The molecule has 4 rings (SSSR count). The largest absolute Gasteiger partial charge is 0.507 e. The Morgan fingerprint density at radius 1 is 1.13 bits per heavy atom. The van der Waals surface area contributed by atoms with E-state index in [1.165, 1.54) is 4.90 Å². The molecule has 1 amide bonds. The van der Waals surface area contributed by atoms with Gasteiger partial charge in [0.05, 0.1) is 38.5 Å². The van der Waals surface area contributed by atoms with Gasteiger partial charge in [-0.3, -0.25) is 14.5 Å². The first-order valence-electron chi connectivity index (χ1n) is 12.9. The second-order valence-electron chi connectivity index (χ2n) is 9.42. The van der Waals surface area contributed by atoms with Crippen LogP contribution in [0.2, 0.25) is 0 Å². The second-order valence-corrected chi connectivity index (χ2v) is 9.42. The van der Waals surface area contributed by atoms with Crippen LogP contribution in [0.5, 0.6) is 5.75 Å². The maximum atomic E-state index is 13.4. The molecule has 0 spiro atoms. The monoisotopic (exact) mass is 525 g/mol. The maximum absolute atomic E-state index is 13.4. The highest BCUT2D eigenvalue weighted by Crippen LogP contribution is 2.41. The summed E-state index contributed by atoms with van der Waals surface area (Å²) in [6.07, 6.45) is 0.662. The summed E-state index contributed by atoms with van der Waals surface area (Å²) in [5.41, 5.74) is 2.13.